The van der Waals surface area contributed by atoms with E-state index < -0.39 is 18.8 Å². The van der Waals surface area contributed by atoms with Gasteiger partial charge in [0.05, 0.1) is 0 Å². The molecule has 0 aromatic rings. The van der Waals surface area contributed by atoms with Crippen LogP contribution in [0, 0.1) is 0 Å². The second-order valence-corrected chi connectivity index (χ2v) is 2.62. The minimum atomic E-state index is -1.11. The van der Waals surface area contributed by atoms with Crippen molar-refractivity contribution in [2.75, 3.05) is 13.2 Å². The van der Waals surface area contributed by atoms with Gasteiger partial charge in [-0.15, -0.1) is 0 Å². The fraction of sp³-hybridized carbons (Fsp3) is 0.833. The molecule has 0 aromatic carbocycles. The highest BCUT2D eigenvalue weighted by Crippen LogP contribution is 2.14. The number of carboxylic acid groups (broad SMARTS) is 1. The van der Waals surface area contributed by atoms with Crippen LogP contribution in [-0.4, -0.2) is 40.6 Å². The molecule has 1 fully saturated rings. The lowest BCUT2D eigenvalue weighted by Gasteiger charge is -2.12. The largest absolute Gasteiger partial charge is 0.479 e. The van der Waals surface area contributed by atoms with Crippen LogP contribution in [0.5, 0.6) is 0 Å². The molecule has 0 amide bonds. The second-order valence-electron chi connectivity index (χ2n) is 2.62. The van der Waals surface area contributed by atoms with Gasteiger partial charge in [0.2, 0.25) is 6.61 Å². The number of carboxylic acids is 1. The smallest absolute Gasteiger partial charge is 0.344 e. The first-order chi connectivity index (χ1) is 6.20. The summed E-state index contributed by atoms with van der Waals surface area (Å²) in [6.07, 6.45) is 0.869. The fourth-order valence-corrected chi connectivity index (χ4v) is 0.995. The molecule has 1 rings (SSSR count). The molecule has 0 radical (unpaired) electrons. The van der Waals surface area contributed by atoms with Crippen LogP contribution in [0.25, 0.3) is 0 Å². The molecule has 2 N–H and O–H groups in total. The summed E-state index contributed by atoms with van der Waals surface area (Å²) in [5, 5.41) is 25.4. The normalized spacial score (nSPS) is 22.5. The second kappa shape index (κ2) is 4.61. The zero-order valence-corrected chi connectivity index (χ0v) is 6.96. The Kier molecular flexibility index (Phi) is 3.44. The van der Waals surface area contributed by atoms with Gasteiger partial charge in [-0.2, -0.15) is 0 Å². The van der Waals surface area contributed by atoms with E-state index in [1.807, 2.05) is 0 Å². The molecule has 1 aliphatic rings. The molecule has 7 nitrogen and oxygen atoms in total. The van der Waals surface area contributed by atoms with E-state index in [1.54, 1.807) is 0 Å². The number of hydrogen-bond donors (Lipinski definition) is 2. The highest BCUT2D eigenvalue weighted by molar-refractivity contribution is 5.67. The van der Waals surface area contributed by atoms with Crippen LogP contribution >= 0.6 is 0 Å². The van der Waals surface area contributed by atoms with Gasteiger partial charge in [-0.05, 0) is 18.1 Å². The maximum absolute atomic E-state index is 9.97. The molecule has 0 saturated carbocycles. The molecular weight excluding hydrogens is 178 g/mol. The predicted molar refractivity (Wildman–Crippen MR) is 40.4 cm³/mol. The first-order valence-corrected chi connectivity index (χ1v) is 3.89. The predicted octanol–water partition coefficient (Wildman–Crippen LogP) is -0.216. The summed E-state index contributed by atoms with van der Waals surface area (Å²) in [7, 11) is 0. The van der Waals surface area contributed by atoms with Crippen molar-refractivity contribution in [3.63, 3.8) is 0 Å². The van der Waals surface area contributed by atoms with Crippen LogP contribution < -0.4 is 0 Å². The minimum absolute atomic E-state index is 0.520. The number of aliphatic hydroxyl groups is 1. The van der Waals surface area contributed by atoms with Crippen molar-refractivity contribution in [3.05, 3.63) is 0 Å². The number of rotatable bonds is 4. The van der Waals surface area contributed by atoms with Gasteiger partial charge in [-0.3, -0.25) is 0 Å². The lowest BCUT2D eigenvalue weighted by Crippen LogP contribution is -2.22. The van der Waals surface area contributed by atoms with Gasteiger partial charge in [0.1, 0.15) is 6.23 Å². The number of aliphatic carboxylic acids is 1. The maximum atomic E-state index is 9.97. The SMILES string of the molecule is O=C(O)CO/N=N\N1CCCC1O. The Morgan fingerprint density at radius 3 is 3.00 bits per heavy atom. The van der Waals surface area contributed by atoms with Crippen molar-refractivity contribution < 1.29 is 19.8 Å². The van der Waals surface area contributed by atoms with Crippen molar-refractivity contribution in [1.29, 1.82) is 0 Å². The molecule has 0 aliphatic carbocycles. The van der Waals surface area contributed by atoms with E-state index in [2.05, 4.69) is 15.3 Å². The summed E-state index contributed by atoms with van der Waals surface area (Å²) < 4.78 is 0. The summed E-state index contributed by atoms with van der Waals surface area (Å²) in [4.78, 5) is 14.3. The Morgan fingerprint density at radius 1 is 1.69 bits per heavy atom. The fourth-order valence-electron chi connectivity index (χ4n) is 0.995. The highest BCUT2D eigenvalue weighted by atomic mass is 16.7. The number of carbonyl (C=O) groups is 1. The van der Waals surface area contributed by atoms with E-state index in [-0.39, 0.29) is 0 Å². The minimum Gasteiger partial charge on any atom is -0.479 e. The van der Waals surface area contributed by atoms with Crippen LogP contribution in [0.15, 0.2) is 10.5 Å². The Labute approximate surface area is 74.6 Å². The molecule has 1 heterocycles. The molecule has 13 heavy (non-hydrogen) atoms. The number of nitrogens with zero attached hydrogens (tertiary/aromatic N) is 3. The van der Waals surface area contributed by atoms with Gasteiger partial charge < -0.3 is 15.1 Å². The third kappa shape index (κ3) is 3.24. The zero-order chi connectivity index (χ0) is 9.68. The lowest BCUT2D eigenvalue weighted by molar-refractivity contribution is -0.142. The third-order valence-electron chi connectivity index (χ3n) is 1.59. The molecular formula is C6H11N3O4. The van der Waals surface area contributed by atoms with Crippen molar-refractivity contribution in [2.45, 2.75) is 19.1 Å². The topological polar surface area (TPSA) is 94.7 Å². The average molecular weight is 189 g/mol. The highest BCUT2D eigenvalue weighted by Gasteiger charge is 2.20. The molecule has 74 valence electrons. The molecule has 0 spiro atoms. The van der Waals surface area contributed by atoms with Crippen molar-refractivity contribution in [1.82, 2.24) is 5.01 Å². The van der Waals surface area contributed by atoms with Crippen LogP contribution in [-0.2, 0) is 9.63 Å². The summed E-state index contributed by atoms with van der Waals surface area (Å²) >= 11 is 0. The van der Waals surface area contributed by atoms with E-state index >= 15 is 0 Å². The zero-order valence-electron chi connectivity index (χ0n) is 6.96. The molecule has 7 heteroatoms. The summed E-state index contributed by atoms with van der Waals surface area (Å²) in [5.41, 5.74) is 0. The van der Waals surface area contributed by atoms with Crippen LogP contribution in [0.4, 0.5) is 0 Å². The Hall–Kier alpha value is -1.37. The molecule has 0 aromatic heterocycles. The summed E-state index contributed by atoms with van der Waals surface area (Å²) in [5.74, 6) is -1.11. The van der Waals surface area contributed by atoms with Gasteiger partial charge >= 0.3 is 5.97 Å². The number of hydrogen-bond acceptors (Lipinski definition) is 5. The maximum Gasteiger partial charge on any atom is 0.344 e. The standard InChI is InChI=1S/C6H11N3O4/c10-5-2-1-3-9(5)7-8-13-4-6(11)12/h5,10H,1-4H2,(H,11,12)/b8-7-. The van der Waals surface area contributed by atoms with E-state index in [9.17, 15) is 9.90 Å². The van der Waals surface area contributed by atoms with Gasteiger partial charge in [0.25, 0.3) is 0 Å². The molecule has 0 bridgehead atoms. The van der Waals surface area contributed by atoms with E-state index in [0.717, 1.165) is 6.42 Å². The monoisotopic (exact) mass is 189 g/mol. The molecule has 1 atom stereocenters. The van der Waals surface area contributed by atoms with Gasteiger partial charge in [-0.1, -0.05) is 0 Å². The molecule has 1 unspecified atom stereocenters. The Bertz CT molecular complexity index is 208. The summed E-state index contributed by atoms with van der Waals surface area (Å²) in [6, 6.07) is 0. The van der Waals surface area contributed by atoms with Crippen LogP contribution in [0.1, 0.15) is 12.8 Å². The van der Waals surface area contributed by atoms with Crippen LogP contribution in [0.3, 0.4) is 0 Å². The first-order valence-electron chi connectivity index (χ1n) is 3.89. The Balaban J connectivity index is 2.19. The van der Waals surface area contributed by atoms with E-state index in [4.69, 9.17) is 5.11 Å². The van der Waals surface area contributed by atoms with Gasteiger partial charge in [0, 0.05) is 11.8 Å². The first kappa shape index (κ1) is 9.72. The van der Waals surface area contributed by atoms with Gasteiger partial charge in [0.15, 0.2) is 0 Å². The van der Waals surface area contributed by atoms with Crippen molar-refractivity contribution in [3.8, 4) is 0 Å². The van der Waals surface area contributed by atoms with E-state index in [1.165, 1.54) is 5.01 Å². The lowest BCUT2D eigenvalue weighted by atomic mass is 10.4. The van der Waals surface area contributed by atoms with E-state index in [0.29, 0.717) is 13.0 Å². The third-order valence-corrected chi connectivity index (χ3v) is 1.59. The molecule has 1 saturated heterocycles. The van der Waals surface area contributed by atoms with Gasteiger partial charge in [-0.25, -0.2) is 9.80 Å². The average Bonchev–Trinajstić information content (AvgIpc) is 2.45. The molecule has 1 aliphatic heterocycles. The van der Waals surface area contributed by atoms with Crippen molar-refractivity contribution in [2.24, 2.45) is 10.5 Å². The van der Waals surface area contributed by atoms with Crippen LogP contribution in [0.2, 0.25) is 0 Å². The quantitative estimate of drug-likeness (QED) is 0.471. The Morgan fingerprint density at radius 2 is 2.46 bits per heavy atom. The number of aliphatic hydroxyl groups excluding tert-OH is 1. The van der Waals surface area contributed by atoms with Crippen molar-refractivity contribution >= 4 is 5.97 Å². The summed E-state index contributed by atoms with van der Waals surface area (Å²) in [6.45, 7) is 0.0918.